The molecule has 0 unspecified atom stereocenters. The van der Waals surface area contributed by atoms with Crippen molar-refractivity contribution in [3.63, 3.8) is 0 Å². The molecule has 0 bridgehead atoms. The fraction of sp³-hybridized carbons (Fsp3) is 0.545. The average molecular weight is 283 g/mol. The van der Waals surface area contributed by atoms with E-state index in [0.717, 1.165) is 26.7 Å². The second-order valence-corrected chi connectivity index (χ2v) is 6.58. The van der Waals surface area contributed by atoms with Crippen LogP contribution < -0.4 is 10.2 Å². The lowest BCUT2D eigenvalue weighted by Gasteiger charge is -2.04. The van der Waals surface area contributed by atoms with Crippen molar-refractivity contribution < 1.29 is 0 Å². The van der Waals surface area contributed by atoms with Gasteiger partial charge in [-0.25, -0.2) is 4.98 Å². The molecule has 0 saturated carbocycles. The van der Waals surface area contributed by atoms with Gasteiger partial charge in [-0.05, 0) is 5.92 Å². The Hall–Kier alpha value is -1.21. The Morgan fingerprint density at radius 3 is 2.67 bits per heavy atom. The summed E-state index contributed by atoms with van der Waals surface area (Å²) in [5, 5.41) is 14.4. The van der Waals surface area contributed by atoms with E-state index < -0.39 is 0 Å². The molecule has 2 rings (SSSR count). The highest BCUT2D eigenvalue weighted by Gasteiger charge is 2.11. The molecule has 2 aromatic heterocycles. The molecular weight excluding hydrogens is 266 g/mol. The van der Waals surface area contributed by atoms with Crippen molar-refractivity contribution in [2.75, 3.05) is 30.9 Å². The predicted molar refractivity (Wildman–Crippen MR) is 78.7 cm³/mol. The van der Waals surface area contributed by atoms with E-state index in [1.807, 2.05) is 25.2 Å². The number of nitrogens with zero attached hydrogens (tertiary/aromatic N) is 4. The summed E-state index contributed by atoms with van der Waals surface area (Å²) in [5.74, 6) is 0.598. The van der Waals surface area contributed by atoms with Gasteiger partial charge in [-0.1, -0.05) is 36.5 Å². The first-order valence-electron chi connectivity index (χ1n) is 5.77. The summed E-state index contributed by atoms with van der Waals surface area (Å²) < 4.78 is 0. The van der Waals surface area contributed by atoms with Crippen LogP contribution in [-0.4, -0.2) is 35.8 Å². The summed E-state index contributed by atoms with van der Waals surface area (Å²) in [6.07, 6.45) is 1.85. The van der Waals surface area contributed by atoms with Gasteiger partial charge in [-0.3, -0.25) is 0 Å². The van der Waals surface area contributed by atoms with Crippen molar-refractivity contribution in [3.8, 4) is 9.88 Å². The minimum Gasteiger partial charge on any atom is -0.360 e. The van der Waals surface area contributed by atoms with E-state index >= 15 is 0 Å². The molecule has 0 aliphatic heterocycles. The van der Waals surface area contributed by atoms with Crippen LogP contribution >= 0.6 is 22.7 Å². The third-order valence-corrected chi connectivity index (χ3v) is 4.39. The van der Waals surface area contributed by atoms with Gasteiger partial charge in [0.1, 0.15) is 0 Å². The van der Waals surface area contributed by atoms with E-state index in [9.17, 15) is 0 Å². The highest BCUT2D eigenvalue weighted by atomic mass is 32.1. The Labute approximate surface area is 115 Å². The second-order valence-electron chi connectivity index (χ2n) is 4.59. The number of nitrogens with one attached hydrogen (secondary N) is 1. The smallest absolute Gasteiger partial charge is 0.206 e. The molecule has 0 atom stereocenters. The summed E-state index contributed by atoms with van der Waals surface area (Å²) in [6.45, 7) is 5.25. The fourth-order valence-corrected chi connectivity index (χ4v) is 2.88. The third-order valence-electron chi connectivity index (χ3n) is 2.17. The van der Waals surface area contributed by atoms with Crippen LogP contribution in [0.1, 0.15) is 13.8 Å². The van der Waals surface area contributed by atoms with E-state index in [-0.39, 0.29) is 0 Å². The molecule has 0 saturated heterocycles. The minimum absolute atomic E-state index is 0.598. The molecule has 18 heavy (non-hydrogen) atoms. The molecule has 5 nitrogen and oxygen atoms in total. The molecule has 7 heteroatoms. The second kappa shape index (κ2) is 5.62. The van der Waals surface area contributed by atoms with Crippen LogP contribution in [-0.2, 0) is 0 Å². The van der Waals surface area contributed by atoms with E-state index in [0.29, 0.717) is 5.92 Å². The van der Waals surface area contributed by atoms with E-state index in [4.69, 9.17) is 0 Å². The summed E-state index contributed by atoms with van der Waals surface area (Å²) in [7, 11) is 3.97. The SMILES string of the molecule is CC(C)CNc1nnc(-c2cnc(N(C)C)s2)s1. The molecule has 0 aromatic carbocycles. The highest BCUT2D eigenvalue weighted by molar-refractivity contribution is 7.25. The zero-order chi connectivity index (χ0) is 13.1. The van der Waals surface area contributed by atoms with E-state index in [2.05, 4.69) is 34.3 Å². The van der Waals surface area contributed by atoms with Gasteiger partial charge in [0.05, 0.1) is 11.1 Å². The maximum atomic E-state index is 4.34. The minimum atomic E-state index is 0.598. The van der Waals surface area contributed by atoms with Crippen molar-refractivity contribution in [1.29, 1.82) is 0 Å². The third kappa shape index (κ3) is 3.17. The number of hydrogen-bond donors (Lipinski definition) is 1. The maximum Gasteiger partial charge on any atom is 0.206 e. The van der Waals surface area contributed by atoms with Gasteiger partial charge in [-0.2, -0.15) is 0 Å². The Morgan fingerprint density at radius 1 is 1.28 bits per heavy atom. The number of rotatable bonds is 5. The molecule has 98 valence electrons. The standard InChI is InChI=1S/C11H17N5S2/c1-7(2)5-12-10-15-14-9(18-10)8-6-13-11(17-8)16(3)4/h6-7H,5H2,1-4H3,(H,12,15). The molecule has 0 fully saturated rings. The molecule has 1 N–H and O–H groups in total. The average Bonchev–Trinajstić information content (AvgIpc) is 2.95. The van der Waals surface area contributed by atoms with Crippen LogP contribution in [0.4, 0.5) is 10.3 Å². The van der Waals surface area contributed by atoms with Gasteiger partial charge in [0, 0.05) is 20.6 Å². The van der Waals surface area contributed by atoms with E-state index in [1.54, 1.807) is 22.7 Å². The van der Waals surface area contributed by atoms with Gasteiger partial charge >= 0.3 is 0 Å². The maximum absolute atomic E-state index is 4.34. The Balaban J connectivity index is 2.08. The fourth-order valence-electron chi connectivity index (χ4n) is 1.26. The number of thiazole rings is 1. The van der Waals surface area contributed by atoms with Crippen molar-refractivity contribution in [2.24, 2.45) is 5.92 Å². The van der Waals surface area contributed by atoms with Crippen LogP contribution in [0.2, 0.25) is 0 Å². The molecule has 2 aromatic rings. The summed E-state index contributed by atoms with van der Waals surface area (Å²) >= 11 is 3.20. The summed E-state index contributed by atoms with van der Waals surface area (Å²) in [5.41, 5.74) is 0. The van der Waals surface area contributed by atoms with Crippen LogP contribution in [0.25, 0.3) is 9.88 Å². The zero-order valence-corrected chi connectivity index (χ0v) is 12.6. The van der Waals surface area contributed by atoms with Crippen LogP contribution in [0.3, 0.4) is 0 Å². The van der Waals surface area contributed by atoms with Gasteiger partial charge in [0.25, 0.3) is 0 Å². The Kier molecular flexibility index (Phi) is 4.13. The number of aromatic nitrogens is 3. The molecule has 0 radical (unpaired) electrons. The molecule has 0 spiro atoms. The summed E-state index contributed by atoms with van der Waals surface area (Å²) in [4.78, 5) is 7.40. The lowest BCUT2D eigenvalue weighted by molar-refractivity contribution is 0.687. The number of hydrogen-bond acceptors (Lipinski definition) is 7. The largest absolute Gasteiger partial charge is 0.360 e. The Morgan fingerprint density at radius 2 is 2.06 bits per heavy atom. The molecule has 0 aliphatic rings. The summed E-state index contributed by atoms with van der Waals surface area (Å²) in [6, 6.07) is 0. The monoisotopic (exact) mass is 283 g/mol. The van der Waals surface area contributed by atoms with Crippen LogP contribution in [0.15, 0.2) is 6.20 Å². The first kappa shape index (κ1) is 13.2. The predicted octanol–water partition coefficient (Wildman–Crippen LogP) is 2.80. The van der Waals surface area contributed by atoms with Crippen molar-refractivity contribution >= 4 is 32.9 Å². The topological polar surface area (TPSA) is 53.9 Å². The molecule has 2 heterocycles. The molecule has 0 amide bonds. The zero-order valence-electron chi connectivity index (χ0n) is 11.0. The first-order valence-corrected chi connectivity index (χ1v) is 7.40. The van der Waals surface area contributed by atoms with Crippen molar-refractivity contribution in [1.82, 2.24) is 15.2 Å². The molecule has 0 aliphatic carbocycles. The van der Waals surface area contributed by atoms with Gasteiger partial charge < -0.3 is 10.2 Å². The van der Waals surface area contributed by atoms with Crippen molar-refractivity contribution in [2.45, 2.75) is 13.8 Å². The molecular formula is C11H17N5S2. The van der Waals surface area contributed by atoms with Gasteiger partial charge in [0.15, 0.2) is 10.1 Å². The first-order chi connectivity index (χ1) is 8.56. The van der Waals surface area contributed by atoms with Gasteiger partial charge in [-0.15, -0.1) is 10.2 Å². The number of anilines is 2. The normalized spacial score (nSPS) is 10.9. The van der Waals surface area contributed by atoms with Crippen molar-refractivity contribution in [3.05, 3.63) is 6.20 Å². The Bertz CT molecular complexity index is 503. The highest BCUT2D eigenvalue weighted by Crippen LogP contribution is 2.33. The lowest BCUT2D eigenvalue weighted by Crippen LogP contribution is -2.07. The van der Waals surface area contributed by atoms with Crippen LogP contribution in [0, 0.1) is 5.92 Å². The van der Waals surface area contributed by atoms with E-state index in [1.165, 1.54) is 0 Å². The quantitative estimate of drug-likeness (QED) is 0.914. The lowest BCUT2D eigenvalue weighted by atomic mass is 10.2. The van der Waals surface area contributed by atoms with Crippen LogP contribution in [0.5, 0.6) is 0 Å². The van der Waals surface area contributed by atoms with Gasteiger partial charge in [0.2, 0.25) is 5.13 Å².